The summed E-state index contributed by atoms with van der Waals surface area (Å²) in [7, 11) is -3.59. The van der Waals surface area contributed by atoms with E-state index in [0.717, 1.165) is 17.2 Å². The zero-order chi connectivity index (χ0) is 25.5. The molecule has 2 aliphatic heterocycles. The number of likely N-dealkylation sites (tertiary alicyclic amines) is 1. The fourth-order valence-corrected chi connectivity index (χ4v) is 4.79. The van der Waals surface area contributed by atoms with Gasteiger partial charge >= 0.3 is 12.1 Å². The number of rotatable bonds is 5. The lowest BCUT2D eigenvalue weighted by Gasteiger charge is -2.41. The monoisotopic (exact) mass is 519 g/mol. The number of hydrogen-bond donors (Lipinski definition) is 1. The number of anilines is 2. The van der Waals surface area contributed by atoms with Gasteiger partial charge in [0.05, 0.1) is 10.6 Å². The van der Waals surface area contributed by atoms with Crippen LogP contribution in [0.2, 0.25) is 0 Å². The number of aromatic nitrogens is 2. The summed E-state index contributed by atoms with van der Waals surface area (Å²) < 4.78 is 79.9. The van der Waals surface area contributed by atoms with Gasteiger partial charge in [0.25, 0.3) is 5.95 Å². The van der Waals surface area contributed by atoms with E-state index >= 15 is 0 Å². The summed E-state index contributed by atoms with van der Waals surface area (Å²) in [5, 5.41) is 6.05. The fraction of sp³-hybridized carbons (Fsp3) is 0.500. The maximum Gasteiger partial charge on any atom is 0.471 e. The lowest BCUT2D eigenvalue weighted by atomic mass is 9.96. The Kier molecular flexibility index (Phi) is 6.46. The number of alkyl halides is 3. The number of hydrogen-bond acceptors (Lipinski definition) is 8. The highest BCUT2D eigenvalue weighted by Gasteiger charge is 2.42. The summed E-state index contributed by atoms with van der Waals surface area (Å²) >= 11 is 0. The first-order chi connectivity index (χ1) is 16.3. The van der Waals surface area contributed by atoms with Gasteiger partial charge in [0, 0.05) is 31.8 Å². The van der Waals surface area contributed by atoms with Crippen LogP contribution in [-0.2, 0) is 25.6 Å². The maximum atomic E-state index is 14.5. The van der Waals surface area contributed by atoms with Gasteiger partial charge in [-0.15, -0.1) is 0 Å². The van der Waals surface area contributed by atoms with E-state index in [2.05, 4.69) is 20.0 Å². The van der Waals surface area contributed by atoms with Crippen molar-refractivity contribution >= 4 is 33.3 Å². The van der Waals surface area contributed by atoms with E-state index in [1.54, 1.807) is 0 Å². The molecule has 2 atom stereocenters. The second-order valence-electron chi connectivity index (χ2n) is 8.37. The highest BCUT2D eigenvalue weighted by molar-refractivity contribution is 7.90. The number of nitrogens with zero attached hydrogens (tertiary/aromatic N) is 4. The van der Waals surface area contributed by atoms with Crippen LogP contribution < -0.4 is 10.2 Å². The van der Waals surface area contributed by atoms with E-state index in [1.807, 2.05) is 0 Å². The van der Waals surface area contributed by atoms with E-state index in [0.29, 0.717) is 19.4 Å². The molecule has 2 unspecified atom stereocenters. The van der Waals surface area contributed by atoms with Gasteiger partial charge < -0.3 is 14.7 Å². The Morgan fingerprint density at radius 3 is 2.51 bits per heavy atom. The molecule has 1 aromatic heterocycles. The number of sulfone groups is 1. The minimum Gasteiger partial charge on any atom is -0.371 e. The highest BCUT2D eigenvalue weighted by Crippen LogP contribution is 2.31. The number of benzene rings is 1. The summed E-state index contributed by atoms with van der Waals surface area (Å²) in [6.45, 7) is 0.356. The van der Waals surface area contributed by atoms with Gasteiger partial charge in [0.15, 0.2) is 9.84 Å². The van der Waals surface area contributed by atoms with Crippen molar-refractivity contribution in [2.75, 3.05) is 29.6 Å². The van der Waals surface area contributed by atoms with Crippen molar-refractivity contribution in [2.45, 2.75) is 48.8 Å². The number of piperidine rings is 2. The molecule has 0 saturated carbocycles. The molecule has 1 N–H and O–H groups in total. The molecule has 0 bridgehead atoms. The van der Waals surface area contributed by atoms with E-state index in [4.69, 9.17) is 0 Å². The molecule has 15 heteroatoms. The highest BCUT2D eigenvalue weighted by atomic mass is 32.2. The average molecular weight is 519 g/mol. The van der Waals surface area contributed by atoms with Crippen LogP contribution in [0, 0.1) is 5.82 Å². The summed E-state index contributed by atoms with van der Waals surface area (Å²) in [6, 6.07) is 2.08. The van der Waals surface area contributed by atoms with E-state index in [9.17, 15) is 35.6 Å². The Morgan fingerprint density at radius 1 is 1.17 bits per heavy atom. The molecule has 0 spiro atoms. The molecule has 0 aliphatic carbocycles. The number of amides is 2. The van der Waals surface area contributed by atoms with Crippen LogP contribution in [0.15, 0.2) is 27.6 Å². The van der Waals surface area contributed by atoms with Crippen molar-refractivity contribution in [3.8, 4) is 0 Å². The summed E-state index contributed by atoms with van der Waals surface area (Å²) in [5.74, 6) is -3.77. The minimum atomic E-state index is -4.83. The van der Waals surface area contributed by atoms with Crippen LogP contribution >= 0.6 is 0 Å². The van der Waals surface area contributed by atoms with Gasteiger partial charge in [0.2, 0.25) is 11.8 Å². The fourth-order valence-electron chi connectivity index (χ4n) is 4.16. The zero-order valence-corrected chi connectivity index (χ0v) is 19.2. The van der Waals surface area contributed by atoms with Crippen molar-refractivity contribution in [2.24, 2.45) is 0 Å². The molecule has 190 valence electrons. The molecule has 2 aromatic rings. The molecule has 2 saturated heterocycles. The van der Waals surface area contributed by atoms with Crippen LogP contribution in [0.25, 0.3) is 0 Å². The van der Waals surface area contributed by atoms with Gasteiger partial charge in [-0.25, -0.2) is 12.8 Å². The molecular weight excluding hydrogens is 498 g/mol. The van der Waals surface area contributed by atoms with Gasteiger partial charge in [0.1, 0.15) is 11.9 Å². The third kappa shape index (κ3) is 5.23. The summed E-state index contributed by atoms with van der Waals surface area (Å²) in [6.07, 6.45) is -2.78. The van der Waals surface area contributed by atoms with Crippen LogP contribution in [0.5, 0.6) is 0 Å². The molecule has 1 aromatic carbocycles. The van der Waals surface area contributed by atoms with Crippen LogP contribution in [0.1, 0.15) is 31.6 Å². The van der Waals surface area contributed by atoms with Crippen molar-refractivity contribution in [1.82, 2.24) is 15.0 Å². The predicted molar refractivity (Wildman–Crippen MR) is 113 cm³/mol. The van der Waals surface area contributed by atoms with E-state index in [1.165, 1.54) is 17.0 Å². The van der Waals surface area contributed by atoms with Crippen LogP contribution in [-0.4, -0.2) is 66.7 Å². The van der Waals surface area contributed by atoms with E-state index < -0.39 is 51.7 Å². The maximum absolute atomic E-state index is 14.5. The second kappa shape index (κ2) is 9.09. The Morgan fingerprint density at radius 2 is 1.91 bits per heavy atom. The lowest BCUT2D eigenvalue weighted by Crippen LogP contribution is -2.56. The Hall–Kier alpha value is -3.23. The Labute approximate surface area is 197 Å². The van der Waals surface area contributed by atoms with Gasteiger partial charge in [-0.2, -0.15) is 18.2 Å². The minimum absolute atomic E-state index is 0.0101. The van der Waals surface area contributed by atoms with Crippen molar-refractivity contribution in [3.05, 3.63) is 29.9 Å². The first-order valence-corrected chi connectivity index (χ1v) is 12.5. The quantitative estimate of drug-likeness (QED) is 0.597. The number of carbonyl (C=O) groups is 2. The topological polar surface area (TPSA) is 126 Å². The number of halogens is 4. The Balaban J connectivity index is 1.42. The summed E-state index contributed by atoms with van der Waals surface area (Å²) in [5.41, 5.74) is -0.0268. The molecule has 0 radical (unpaired) electrons. The summed E-state index contributed by atoms with van der Waals surface area (Å²) in [4.78, 5) is 31.2. The predicted octanol–water partition coefficient (Wildman–Crippen LogP) is 2.23. The molecule has 3 heterocycles. The van der Waals surface area contributed by atoms with Crippen LogP contribution in [0.4, 0.5) is 29.2 Å². The third-order valence-corrected chi connectivity index (χ3v) is 7.02. The molecule has 10 nitrogen and oxygen atoms in total. The molecule has 2 fully saturated rings. The van der Waals surface area contributed by atoms with Gasteiger partial charge in [-0.1, -0.05) is 0 Å². The second-order valence-corrected chi connectivity index (χ2v) is 10.4. The third-order valence-electron chi connectivity index (χ3n) is 5.91. The Bertz CT molecular complexity index is 1250. The molecule has 2 amide bonds. The van der Waals surface area contributed by atoms with Crippen molar-refractivity contribution in [3.63, 3.8) is 0 Å². The normalized spacial score (nSPS) is 22.0. The SMILES string of the molecule is CS(=O)(=O)c1ccc(NC2CCCN(C3CCN(c4noc(C(F)(F)F)n4)C(=O)C3)C2=O)c(F)c1. The van der Waals surface area contributed by atoms with Crippen LogP contribution in [0.3, 0.4) is 0 Å². The zero-order valence-electron chi connectivity index (χ0n) is 18.4. The van der Waals surface area contributed by atoms with Crippen molar-refractivity contribution < 1.29 is 40.1 Å². The number of carbonyl (C=O) groups excluding carboxylic acids is 2. The largest absolute Gasteiger partial charge is 0.471 e. The molecule has 35 heavy (non-hydrogen) atoms. The van der Waals surface area contributed by atoms with Gasteiger partial charge in [-0.05, 0) is 42.6 Å². The van der Waals surface area contributed by atoms with E-state index in [-0.39, 0.29) is 35.9 Å². The first kappa shape index (κ1) is 24.9. The smallest absolute Gasteiger partial charge is 0.371 e. The lowest BCUT2D eigenvalue weighted by molar-refractivity contribution is -0.159. The molecule has 4 rings (SSSR count). The average Bonchev–Trinajstić information content (AvgIpc) is 3.26. The first-order valence-electron chi connectivity index (χ1n) is 10.6. The number of nitrogens with one attached hydrogen (secondary N) is 1. The molecular formula is C20H21F4N5O5S. The van der Waals surface area contributed by atoms with Crippen molar-refractivity contribution in [1.29, 1.82) is 0 Å². The standard InChI is InChI=1S/C20H21F4N5O5S/c1-35(32,33)12-4-5-14(13(21)10-12)25-15-3-2-7-28(17(15)31)11-6-8-29(16(30)9-11)19-26-18(34-27-19)20(22,23)24/h4-5,10-11,15,25H,2-3,6-9H2,1H3. The molecule has 2 aliphatic rings. The van der Waals surface area contributed by atoms with Gasteiger partial charge in [-0.3, -0.25) is 14.5 Å².